The van der Waals surface area contributed by atoms with E-state index < -0.39 is 17.9 Å². The van der Waals surface area contributed by atoms with Crippen LogP contribution in [0.25, 0.3) is 0 Å². The summed E-state index contributed by atoms with van der Waals surface area (Å²) >= 11 is 0. The number of hydrogen-bond donors (Lipinski definition) is 3. The van der Waals surface area contributed by atoms with E-state index in [0.29, 0.717) is 19.6 Å². The molecule has 1 unspecified atom stereocenters. The average molecular weight is 295 g/mol. The zero-order chi connectivity index (χ0) is 15.2. The van der Waals surface area contributed by atoms with E-state index in [2.05, 4.69) is 16.7 Å². The molecule has 0 spiro atoms. The number of carboxylic acids is 1. The molecule has 7 nitrogen and oxygen atoms in total. The minimum atomic E-state index is -1.09. The van der Waals surface area contributed by atoms with Crippen molar-refractivity contribution in [2.45, 2.75) is 38.1 Å². The highest BCUT2D eigenvalue weighted by Gasteiger charge is 2.34. The fourth-order valence-electron chi connectivity index (χ4n) is 2.72. The summed E-state index contributed by atoms with van der Waals surface area (Å²) in [5, 5.41) is 14.2. The zero-order valence-corrected chi connectivity index (χ0v) is 11.9. The number of carbonyl (C=O) groups excluding carboxylic acids is 2. The molecule has 3 N–H and O–H groups in total. The summed E-state index contributed by atoms with van der Waals surface area (Å²) in [5.41, 5.74) is 1.36. The third-order valence-corrected chi connectivity index (χ3v) is 3.82. The predicted molar refractivity (Wildman–Crippen MR) is 75.7 cm³/mol. The molecule has 0 aromatic carbocycles. The number of aliphatic carboxylic acids is 1. The van der Waals surface area contributed by atoms with Crippen LogP contribution in [-0.2, 0) is 9.59 Å². The van der Waals surface area contributed by atoms with Crippen molar-refractivity contribution >= 4 is 17.9 Å². The van der Waals surface area contributed by atoms with E-state index in [1.165, 1.54) is 16.9 Å². The van der Waals surface area contributed by atoms with Gasteiger partial charge in [0.05, 0.1) is 6.42 Å². The van der Waals surface area contributed by atoms with Gasteiger partial charge in [0.15, 0.2) is 0 Å². The molecule has 0 bridgehead atoms. The number of urea groups is 1. The Hall–Kier alpha value is -2.05. The fraction of sp³-hybridized carbons (Fsp3) is 0.643. The van der Waals surface area contributed by atoms with E-state index in [9.17, 15) is 14.4 Å². The van der Waals surface area contributed by atoms with Gasteiger partial charge in [0, 0.05) is 19.6 Å². The van der Waals surface area contributed by atoms with Gasteiger partial charge in [0.2, 0.25) is 5.91 Å². The van der Waals surface area contributed by atoms with Gasteiger partial charge in [0.25, 0.3) is 0 Å². The maximum atomic E-state index is 12.1. The van der Waals surface area contributed by atoms with E-state index in [4.69, 9.17) is 5.11 Å². The first-order valence-electron chi connectivity index (χ1n) is 7.30. The van der Waals surface area contributed by atoms with E-state index in [1.54, 1.807) is 0 Å². The van der Waals surface area contributed by atoms with Crippen LogP contribution >= 0.6 is 0 Å². The summed E-state index contributed by atoms with van der Waals surface area (Å²) < 4.78 is 0. The minimum absolute atomic E-state index is 0.332. The number of allylic oxidation sites excluding steroid dienone is 1. The summed E-state index contributed by atoms with van der Waals surface area (Å²) in [5.74, 6) is -1.50. The molecule has 1 heterocycles. The number of carbonyl (C=O) groups is 3. The Kier molecular flexibility index (Phi) is 5.19. The van der Waals surface area contributed by atoms with Crippen LogP contribution in [0.2, 0.25) is 0 Å². The molecule has 3 amide bonds. The van der Waals surface area contributed by atoms with Crippen LogP contribution in [0.4, 0.5) is 4.79 Å². The smallest absolute Gasteiger partial charge is 0.318 e. The number of rotatable bonds is 5. The van der Waals surface area contributed by atoms with Gasteiger partial charge in [-0.05, 0) is 25.7 Å². The van der Waals surface area contributed by atoms with Crippen molar-refractivity contribution in [3.63, 3.8) is 0 Å². The minimum Gasteiger partial charge on any atom is -0.481 e. The van der Waals surface area contributed by atoms with Crippen LogP contribution < -0.4 is 10.6 Å². The molecule has 0 saturated carbocycles. The monoisotopic (exact) mass is 295 g/mol. The van der Waals surface area contributed by atoms with Crippen LogP contribution in [0.1, 0.15) is 32.1 Å². The lowest BCUT2D eigenvalue weighted by molar-refractivity contribution is -0.142. The molecule has 7 heteroatoms. The van der Waals surface area contributed by atoms with Crippen molar-refractivity contribution in [2.75, 3.05) is 19.6 Å². The van der Waals surface area contributed by atoms with Gasteiger partial charge in [-0.25, -0.2) is 4.79 Å². The fourth-order valence-corrected chi connectivity index (χ4v) is 2.72. The Morgan fingerprint density at radius 2 is 2.29 bits per heavy atom. The van der Waals surface area contributed by atoms with E-state index in [0.717, 1.165) is 19.3 Å². The van der Waals surface area contributed by atoms with Gasteiger partial charge in [0.1, 0.15) is 6.04 Å². The lowest BCUT2D eigenvalue weighted by atomic mass is 10.1. The molecular formula is C14H21N3O4. The van der Waals surface area contributed by atoms with Gasteiger partial charge in [-0.3, -0.25) is 9.59 Å². The molecule has 1 aliphatic carbocycles. The largest absolute Gasteiger partial charge is 0.481 e. The Bertz CT molecular complexity index is 461. The molecular weight excluding hydrogens is 274 g/mol. The van der Waals surface area contributed by atoms with Crippen molar-refractivity contribution in [3.8, 4) is 0 Å². The molecule has 1 fully saturated rings. The lowest BCUT2D eigenvalue weighted by Crippen LogP contribution is -2.60. The maximum absolute atomic E-state index is 12.1. The molecule has 116 valence electrons. The number of piperazine rings is 1. The van der Waals surface area contributed by atoms with Gasteiger partial charge < -0.3 is 20.6 Å². The van der Waals surface area contributed by atoms with Crippen LogP contribution in [0.3, 0.4) is 0 Å². The number of carboxylic acid groups (broad SMARTS) is 1. The average Bonchev–Trinajstić information content (AvgIpc) is 2.93. The first-order chi connectivity index (χ1) is 10.1. The lowest BCUT2D eigenvalue weighted by Gasteiger charge is -2.34. The van der Waals surface area contributed by atoms with Crippen LogP contribution in [-0.4, -0.2) is 53.6 Å². The summed E-state index contributed by atoms with van der Waals surface area (Å²) in [7, 11) is 0. The highest BCUT2D eigenvalue weighted by molar-refractivity contribution is 5.91. The van der Waals surface area contributed by atoms with Crippen molar-refractivity contribution in [3.05, 3.63) is 11.6 Å². The van der Waals surface area contributed by atoms with Gasteiger partial charge in [-0.2, -0.15) is 0 Å². The second-order valence-corrected chi connectivity index (χ2v) is 5.33. The Morgan fingerprint density at radius 1 is 1.48 bits per heavy atom. The summed E-state index contributed by atoms with van der Waals surface area (Å²) in [6, 6.07) is -1.29. The van der Waals surface area contributed by atoms with Gasteiger partial charge in [-0.1, -0.05) is 11.6 Å². The molecule has 2 aliphatic rings. The van der Waals surface area contributed by atoms with Crippen molar-refractivity contribution in [1.29, 1.82) is 0 Å². The van der Waals surface area contributed by atoms with Crippen molar-refractivity contribution < 1.29 is 19.5 Å². The summed E-state index contributed by atoms with van der Waals surface area (Å²) in [6.07, 6.45) is 6.02. The second kappa shape index (κ2) is 7.10. The molecule has 21 heavy (non-hydrogen) atoms. The van der Waals surface area contributed by atoms with E-state index in [-0.39, 0.29) is 12.5 Å². The quantitative estimate of drug-likeness (QED) is 0.642. The Balaban J connectivity index is 1.85. The van der Waals surface area contributed by atoms with Crippen LogP contribution in [0.15, 0.2) is 11.6 Å². The molecule has 0 aromatic rings. The standard InChI is InChI=1S/C14H21N3O4/c18-12(19)9-11-13(20)15-7-8-17(11)14(21)16-6-5-10-3-1-2-4-10/h3,11H,1-2,4-9H2,(H,15,20)(H,16,21)(H,18,19). The van der Waals surface area contributed by atoms with E-state index in [1.807, 2.05) is 0 Å². The highest BCUT2D eigenvalue weighted by atomic mass is 16.4. The number of nitrogens with one attached hydrogen (secondary N) is 2. The zero-order valence-electron chi connectivity index (χ0n) is 11.9. The second-order valence-electron chi connectivity index (χ2n) is 5.33. The number of nitrogens with zero attached hydrogens (tertiary/aromatic N) is 1. The summed E-state index contributed by atoms with van der Waals surface area (Å²) in [4.78, 5) is 36.0. The molecule has 1 aliphatic heterocycles. The van der Waals surface area contributed by atoms with Crippen LogP contribution in [0.5, 0.6) is 0 Å². The Morgan fingerprint density at radius 3 is 2.95 bits per heavy atom. The Labute approximate surface area is 123 Å². The normalized spacial score (nSPS) is 21.7. The highest BCUT2D eigenvalue weighted by Crippen LogP contribution is 2.19. The molecule has 2 rings (SSSR count). The molecule has 1 saturated heterocycles. The molecule has 1 atom stereocenters. The summed E-state index contributed by atoms with van der Waals surface area (Å²) in [6.45, 7) is 1.20. The third-order valence-electron chi connectivity index (χ3n) is 3.82. The first kappa shape index (κ1) is 15.3. The van der Waals surface area contributed by atoms with Crippen molar-refractivity contribution in [2.24, 2.45) is 0 Å². The number of amides is 3. The number of hydrogen-bond acceptors (Lipinski definition) is 3. The van der Waals surface area contributed by atoms with Crippen molar-refractivity contribution in [1.82, 2.24) is 15.5 Å². The van der Waals surface area contributed by atoms with Gasteiger partial charge in [-0.15, -0.1) is 0 Å². The topological polar surface area (TPSA) is 98.7 Å². The van der Waals surface area contributed by atoms with Gasteiger partial charge >= 0.3 is 12.0 Å². The van der Waals surface area contributed by atoms with E-state index >= 15 is 0 Å². The molecule has 0 aromatic heterocycles. The molecule has 0 radical (unpaired) electrons. The predicted octanol–water partition coefficient (Wildman–Crippen LogP) is 0.471. The maximum Gasteiger partial charge on any atom is 0.318 e. The SMILES string of the molecule is O=C(O)CC1C(=O)NCCN1C(=O)NCCC1=CCCC1. The van der Waals surface area contributed by atoms with Crippen LogP contribution in [0, 0.1) is 0 Å². The first-order valence-corrected chi connectivity index (χ1v) is 7.30. The third kappa shape index (κ3) is 4.21.